The number of sulfonamides is 1. The number of benzene rings is 1. The molecule has 8 nitrogen and oxygen atoms in total. The Morgan fingerprint density at radius 1 is 1.08 bits per heavy atom. The molecule has 1 N–H and O–H groups in total. The van der Waals surface area contributed by atoms with Gasteiger partial charge in [-0.25, -0.2) is 8.42 Å². The van der Waals surface area contributed by atoms with E-state index in [1.54, 1.807) is 13.8 Å². The van der Waals surface area contributed by atoms with Crippen molar-refractivity contribution >= 4 is 15.7 Å². The summed E-state index contributed by atoms with van der Waals surface area (Å²) < 4.78 is 38.1. The molecule has 1 saturated heterocycles. The molecule has 1 aromatic carbocycles. The van der Waals surface area contributed by atoms with Crippen molar-refractivity contribution in [1.29, 1.82) is 0 Å². The molecule has 2 aromatic rings. The van der Waals surface area contributed by atoms with Crippen LogP contribution in [0.5, 0.6) is 11.5 Å². The lowest BCUT2D eigenvalue weighted by Gasteiger charge is -2.35. The topological polar surface area (TPSA) is 87.8 Å². The van der Waals surface area contributed by atoms with Crippen LogP contribution in [0.2, 0.25) is 0 Å². The molecule has 0 bridgehead atoms. The Labute approximate surface area is 146 Å². The van der Waals surface area contributed by atoms with Crippen LogP contribution >= 0.6 is 0 Å². The van der Waals surface area contributed by atoms with Crippen molar-refractivity contribution in [3.63, 3.8) is 0 Å². The summed E-state index contributed by atoms with van der Waals surface area (Å²) in [5.41, 5.74) is 2.10. The summed E-state index contributed by atoms with van der Waals surface area (Å²) in [5.74, 6) is 1.48. The van der Waals surface area contributed by atoms with Crippen molar-refractivity contribution in [1.82, 2.24) is 14.5 Å². The molecular weight excluding hydrogens is 344 g/mol. The van der Waals surface area contributed by atoms with Gasteiger partial charge in [0.25, 0.3) is 0 Å². The summed E-state index contributed by atoms with van der Waals surface area (Å²) >= 11 is 0. The van der Waals surface area contributed by atoms with E-state index in [0.29, 0.717) is 42.5 Å². The first-order chi connectivity index (χ1) is 12.0. The fourth-order valence-electron chi connectivity index (χ4n) is 3.32. The Bertz CT molecular complexity index is 881. The van der Waals surface area contributed by atoms with Crippen LogP contribution in [0.15, 0.2) is 23.1 Å². The number of hydrogen-bond donors (Lipinski definition) is 1. The number of fused-ring (bicyclic) bond motifs is 1. The third kappa shape index (κ3) is 2.73. The van der Waals surface area contributed by atoms with E-state index in [4.69, 9.17) is 9.47 Å². The molecule has 0 radical (unpaired) electrons. The van der Waals surface area contributed by atoms with E-state index in [1.807, 2.05) is 18.2 Å². The second-order valence-corrected chi connectivity index (χ2v) is 8.07. The standard InChI is InChI=1S/C16H20N4O4S/c1-11-16(12(2)18-17-11)25(21,22)20-7-5-19(6-8-20)13-3-4-14-15(9-13)24-10-23-14/h3-4,9H,5-8,10H2,1-2H3,(H,17,18). The van der Waals surface area contributed by atoms with Crippen molar-refractivity contribution in [2.45, 2.75) is 18.7 Å². The minimum absolute atomic E-state index is 0.244. The van der Waals surface area contributed by atoms with Crippen molar-refractivity contribution in [2.75, 3.05) is 37.9 Å². The van der Waals surface area contributed by atoms with Gasteiger partial charge in [0.1, 0.15) is 4.90 Å². The number of hydrogen-bond acceptors (Lipinski definition) is 6. The Hall–Kier alpha value is -2.26. The molecule has 134 valence electrons. The van der Waals surface area contributed by atoms with Crippen molar-refractivity contribution in [3.05, 3.63) is 29.6 Å². The van der Waals surface area contributed by atoms with Crippen molar-refractivity contribution in [3.8, 4) is 11.5 Å². The lowest BCUT2D eigenvalue weighted by atomic mass is 10.2. The zero-order valence-corrected chi connectivity index (χ0v) is 15.0. The summed E-state index contributed by atoms with van der Waals surface area (Å²) in [7, 11) is -3.53. The Morgan fingerprint density at radius 2 is 1.80 bits per heavy atom. The van der Waals surface area contributed by atoms with E-state index in [1.165, 1.54) is 4.31 Å². The van der Waals surface area contributed by atoms with E-state index in [-0.39, 0.29) is 6.79 Å². The van der Waals surface area contributed by atoms with Crippen LogP contribution in [0.4, 0.5) is 5.69 Å². The van der Waals surface area contributed by atoms with Crippen LogP contribution in [0.25, 0.3) is 0 Å². The summed E-state index contributed by atoms with van der Waals surface area (Å²) in [6, 6.07) is 5.80. The summed E-state index contributed by atoms with van der Waals surface area (Å²) in [5, 5.41) is 6.75. The van der Waals surface area contributed by atoms with Gasteiger partial charge in [0, 0.05) is 37.9 Å². The molecule has 1 fully saturated rings. The maximum absolute atomic E-state index is 12.9. The van der Waals surface area contributed by atoms with Gasteiger partial charge in [-0.2, -0.15) is 9.40 Å². The van der Waals surface area contributed by atoms with E-state index in [0.717, 1.165) is 17.2 Å². The molecule has 0 atom stereocenters. The third-order valence-corrected chi connectivity index (χ3v) is 6.78. The van der Waals surface area contributed by atoms with Gasteiger partial charge in [-0.1, -0.05) is 0 Å². The molecule has 4 rings (SSSR count). The zero-order valence-electron chi connectivity index (χ0n) is 14.2. The average molecular weight is 364 g/mol. The predicted molar refractivity (Wildman–Crippen MR) is 91.6 cm³/mol. The van der Waals surface area contributed by atoms with E-state index in [2.05, 4.69) is 15.1 Å². The number of ether oxygens (including phenoxy) is 2. The highest BCUT2D eigenvalue weighted by molar-refractivity contribution is 7.89. The number of anilines is 1. The van der Waals surface area contributed by atoms with E-state index >= 15 is 0 Å². The van der Waals surface area contributed by atoms with Crippen molar-refractivity contribution in [2.24, 2.45) is 0 Å². The first kappa shape index (κ1) is 16.2. The van der Waals surface area contributed by atoms with Gasteiger partial charge in [-0.15, -0.1) is 0 Å². The fourth-order valence-corrected chi connectivity index (χ4v) is 5.07. The molecular formula is C16H20N4O4S. The summed E-state index contributed by atoms with van der Waals surface area (Å²) in [6.45, 7) is 5.79. The fraction of sp³-hybridized carbons (Fsp3) is 0.438. The number of rotatable bonds is 3. The van der Waals surface area contributed by atoms with Crippen molar-refractivity contribution < 1.29 is 17.9 Å². The largest absolute Gasteiger partial charge is 0.454 e. The highest BCUT2D eigenvalue weighted by Crippen LogP contribution is 2.36. The van der Waals surface area contributed by atoms with Crippen LogP contribution in [0.1, 0.15) is 11.4 Å². The van der Waals surface area contributed by atoms with Gasteiger partial charge in [0.15, 0.2) is 11.5 Å². The Balaban J connectivity index is 1.50. The summed E-state index contributed by atoms with van der Waals surface area (Å²) in [4.78, 5) is 2.45. The lowest BCUT2D eigenvalue weighted by Crippen LogP contribution is -2.48. The maximum atomic E-state index is 12.9. The Morgan fingerprint density at radius 3 is 2.48 bits per heavy atom. The normalized spacial score (nSPS) is 17.9. The van der Waals surface area contributed by atoms with Gasteiger partial charge in [-0.3, -0.25) is 5.10 Å². The SMILES string of the molecule is Cc1n[nH]c(C)c1S(=O)(=O)N1CCN(c2ccc3c(c2)OCO3)CC1. The van der Waals surface area contributed by atoms with E-state index in [9.17, 15) is 8.42 Å². The van der Waals surface area contributed by atoms with Crippen LogP contribution in [0.3, 0.4) is 0 Å². The maximum Gasteiger partial charge on any atom is 0.246 e. The second kappa shape index (κ2) is 5.92. The molecule has 0 unspecified atom stereocenters. The highest BCUT2D eigenvalue weighted by atomic mass is 32.2. The smallest absolute Gasteiger partial charge is 0.246 e. The minimum Gasteiger partial charge on any atom is -0.454 e. The molecule has 25 heavy (non-hydrogen) atoms. The number of nitrogens with zero attached hydrogens (tertiary/aromatic N) is 3. The van der Waals surface area contributed by atoms with Crippen LogP contribution in [-0.2, 0) is 10.0 Å². The van der Waals surface area contributed by atoms with Crippen LogP contribution < -0.4 is 14.4 Å². The quantitative estimate of drug-likeness (QED) is 0.882. The number of nitrogens with one attached hydrogen (secondary N) is 1. The molecule has 0 amide bonds. The van der Waals surface area contributed by atoms with Crippen LogP contribution in [0, 0.1) is 13.8 Å². The molecule has 2 aliphatic rings. The molecule has 0 spiro atoms. The predicted octanol–water partition coefficient (Wildman–Crippen LogP) is 1.27. The van der Waals surface area contributed by atoms with Gasteiger partial charge in [-0.05, 0) is 26.0 Å². The summed E-state index contributed by atoms with van der Waals surface area (Å²) in [6.07, 6.45) is 0. The highest BCUT2D eigenvalue weighted by Gasteiger charge is 2.32. The average Bonchev–Trinajstić information content (AvgIpc) is 3.20. The molecule has 9 heteroatoms. The van der Waals surface area contributed by atoms with E-state index < -0.39 is 10.0 Å². The molecule has 3 heterocycles. The van der Waals surface area contributed by atoms with Crippen LogP contribution in [-0.4, -0.2) is 55.9 Å². The lowest BCUT2D eigenvalue weighted by molar-refractivity contribution is 0.174. The van der Waals surface area contributed by atoms with Gasteiger partial charge in [0.05, 0.1) is 11.4 Å². The first-order valence-corrected chi connectivity index (χ1v) is 9.57. The van der Waals surface area contributed by atoms with Gasteiger partial charge < -0.3 is 14.4 Å². The first-order valence-electron chi connectivity index (χ1n) is 8.13. The zero-order chi connectivity index (χ0) is 17.6. The Kier molecular flexibility index (Phi) is 3.84. The monoisotopic (exact) mass is 364 g/mol. The molecule has 0 aliphatic carbocycles. The minimum atomic E-state index is -3.53. The molecule has 0 saturated carbocycles. The number of aryl methyl sites for hydroxylation is 2. The third-order valence-electron chi connectivity index (χ3n) is 4.62. The number of aromatic nitrogens is 2. The second-order valence-electron chi connectivity index (χ2n) is 6.19. The number of H-pyrrole nitrogens is 1. The number of aromatic amines is 1. The van der Waals surface area contributed by atoms with Gasteiger partial charge in [0.2, 0.25) is 16.8 Å². The molecule has 2 aliphatic heterocycles. The van der Waals surface area contributed by atoms with Gasteiger partial charge >= 0.3 is 0 Å². The molecule has 1 aromatic heterocycles. The number of piperazine rings is 1.